The monoisotopic (exact) mass is 417 g/mol. The van der Waals surface area contributed by atoms with Crippen molar-refractivity contribution in [3.63, 3.8) is 0 Å². The molecule has 0 spiro atoms. The Kier molecular flexibility index (Phi) is 8.33. The van der Waals surface area contributed by atoms with E-state index in [2.05, 4.69) is 12.2 Å². The third-order valence-corrected chi connectivity index (χ3v) is 6.77. The highest BCUT2D eigenvalue weighted by Crippen LogP contribution is 2.21. The molecular weight excluding hydrogens is 388 g/mol. The lowest BCUT2D eigenvalue weighted by molar-refractivity contribution is -0.123. The van der Waals surface area contributed by atoms with Crippen molar-refractivity contribution < 1.29 is 22.0 Å². The average molecular weight is 418 g/mol. The first kappa shape index (κ1) is 22.7. The van der Waals surface area contributed by atoms with Gasteiger partial charge >= 0.3 is 0 Å². The normalized spacial score (nSPS) is 17.4. The molecule has 0 bridgehead atoms. The van der Waals surface area contributed by atoms with Crippen LogP contribution >= 0.6 is 0 Å². The number of sulfonamides is 1. The smallest absolute Gasteiger partial charge is 0.246 e. The Bertz CT molecular complexity index is 766. The van der Waals surface area contributed by atoms with Crippen molar-refractivity contribution >= 4 is 15.9 Å². The van der Waals surface area contributed by atoms with E-state index in [0.29, 0.717) is 19.2 Å². The highest BCUT2D eigenvalue weighted by Gasteiger charge is 2.31. The zero-order valence-electron chi connectivity index (χ0n) is 16.5. The van der Waals surface area contributed by atoms with E-state index in [-0.39, 0.29) is 31.6 Å². The molecule has 1 aliphatic rings. The number of amides is 1. The van der Waals surface area contributed by atoms with Crippen molar-refractivity contribution in [1.82, 2.24) is 14.5 Å². The molecular formula is C19H29F2N3O3S. The minimum absolute atomic E-state index is 0.0866. The first-order chi connectivity index (χ1) is 13.2. The fraction of sp³-hybridized carbons (Fsp3) is 0.632. The van der Waals surface area contributed by atoms with Crippen LogP contribution in [0.15, 0.2) is 23.1 Å². The molecule has 2 rings (SSSR count). The highest BCUT2D eigenvalue weighted by molar-refractivity contribution is 7.89. The minimum Gasteiger partial charge on any atom is -0.353 e. The van der Waals surface area contributed by atoms with Crippen LogP contribution in [0, 0.1) is 11.6 Å². The molecule has 0 aromatic heterocycles. The Morgan fingerprint density at radius 2 is 1.86 bits per heavy atom. The summed E-state index contributed by atoms with van der Waals surface area (Å²) in [4.78, 5) is 13.4. The maximum atomic E-state index is 13.9. The second kappa shape index (κ2) is 10.3. The summed E-state index contributed by atoms with van der Waals surface area (Å²) in [6.45, 7) is 5.26. The summed E-state index contributed by atoms with van der Waals surface area (Å²) in [6.07, 6.45) is 4.28. The van der Waals surface area contributed by atoms with E-state index in [1.807, 2.05) is 11.8 Å². The number of carbonyl (C=O) groups is 1. The summed E-state index contributed by atoms with van der Waals surface area (Å²) in [5.41, 5.74) is 0. The van der Waals surface area contributed by atoms with Gasteiger partial charge in [-0.05, 0) is 31.5 Å². The van der Waals surface area contributed by atoms with Crippen LogP contribution in [-0.2, 0) is 14.8 Å². The molecule has 0 radical (unpaired) electrons. The van der Waals surface area contributed by atoms with Gasteiger partial charge in [0.15, 0.2) is 0 Å². The Morgan fingerprint density at radius 1 is 1.18 bits per heavy atom. The van der Waals surface area contributed by atoms with Crippen molar-refractivity contribution in [2.75, 3.05) is 32.7 Å². The number of nitrogens with one attached hydrogen (secondary N) is 1. The maximum absolute atomic E-state index is 13.9. The number of piperazine rings is 1. The molecule has 1 aliphatic heterocycles. The van der Waals surface area contributed by atoms with Crippen LogP contribution in [-0.4, -0.2) is 62.3 Å². The van der Waals surface area contributed by atoms with E-state index in [0.717, 1.165) is 42.1 Å². The molecule has 0 saturated carbocycles. The predicted molar refractivity (Wildman–Crippen MR) is 103 cm³/mol. The number of benzene rings is 1. The second-order valence-corrected chi connectivity index (χ2v) is 9.13. The van der Waals surface area contributed by atoms with Crippen LogP contribution in [0.25, 0.3) is 0 Å². The van der Waals surface area contributed by atoms with Crippen molar-refractivity contribution in [2.24, 2.45) is 0 Å². The molecule has 6 nitrogen and oxygen atoms in total. The third kappa shape index (κ3) is 6.22. The lowest BCUT2D eigenvalue weighted by Crippen LogP contribution is -2.51. The Morgan fingerprint density at radius 3 is 2.50 bits per heavy atom. The molecule has 1 N–H and O–H groups in total. The third-order valence-electron chi connectivity index (χ3n) is 4.86. The molecule has 9 heteroatoms. The van der Waals surface area contributed by atoms with Gasteiger partial charge in [-0.25, -0.2) is 17.2 Å². The van der Waals surface area contributed by atoms with Crippen molar-refractivity contribution in [2.45, 2.75) is 50.5 Å². The van der Waals surface area contributed by atoms with E-state index in [1.165, 1.54) is 0 Å². The molecule has 1 aromatic rings. The molecule has 0 unspecified atom stereocenters. The molecule has 28 heavy (non-hydrogen) atoms. The fourth-order valence-corrected chi connectivity index (χ4v) is 4.74. The lowest BCUT2D eigenvalue weighted by Gasteiger charge is -2.33. The van der Waals surface area contributed by atoms with Gasteiger partial charge < -0.3 is 5.32 Å². The van der Waals surface area contributed by atoms with Gasteiger partial charge in [-0.3, -0.25) is 9.69 Å². The number of carbonyl (C=O) groups excluding carboxylic acids is 1. The number of hydrogen-bond acceptors (Lipinski definition) is 4. The molecule has 1 saturated heterocycles. The molecule has 158 valence electrons. The number of hydrogen-bond donors (Lipinski definition) is 1. The van der Waals surface area contributed by atoms with E-state index >= 15 is 0 Å². The summed E-state index contributed by atoms with van der Waals surface area (Å²) in [5, 5.41) is 2.96. The van der Waals surface area contributed by atoms with Crippen molar-refractivity contribution in [3.05, 3.63) is 29.8 Å². The van der Waals surface area contributed by atoms with E-state index in [9.17, 15) is 22.0 Å². The zero-order valence-corrected chi connectivity index (χ0v) is 17.3. The van der Waals surface area contributed by atoms with Crippen LogP contribution < -0.4 is 5.32 Å². The topological polar surface area (TPSA) is 69.7 Å². The maximum Gasteiger partial charge on any atom is 0.246 e. The summed E-state index contributed by atoms with van der Waals surface area (Å²) < 4.78 is 53.5. The number of rotatable bonds is 9. The van der Waals surface area contributed by atoms with E-state index in [1.54, 1.807) is 0 Å². The highest BCUT2D eigenvalue weighted by atomic mass is 32.2. The Balaban J connectivity index is 1.85. The number of unbranched alkanes of at least 4 members (excludes halogenated alkanes) is 2. The first-order valence-corrected chi connectivity index (χ1v) is 11.1. The standard InChI is InChI=1S/C19H29F2N3O3S/c1-3-4-5-6-15(2)22-19(25)14-23-9-11-24(12-10-23)28(26,27)18-13-16(20)7-8-17(18)21/h7-8,13,15H,3-6,9-12,14H2,1-2H3,(H,22,25)/t15-/m1/s1. The fourth-order valence-electron chi connectivity index (χ4n) is 3.24. The quantitative estimate of drug-likeness (QED) is 0.627. The molecule has 1 amide bonds. The summed E-state index contributed by atoms with van der Waals surface area (Å²) in [5.74, 6) is -1.86. The summed E-state index contributed by atoms with van der Waals surface area (Å²) >= 11 is 0. The van der Waals surface area contributed by atoms with Gasteiger partial charge in [0.25, 0.3) is 0 Å². The lowest BCUT2D eigenvalue weighted by atomic mass is 10.1. The van der Waals surface area contributed by atoms with Crippen LogP contribution in [0.3, 0.4) is 0 Å². The summed E-state index contributed by atoms with van der Waals surface area (Å²) in [6, 6.07) is 2.50. The molecule has 0 aliphatic carbocycles. The molecule has 1 atom stereocenters. The second-order valence-electron chi connectivity index (χ2n) is 7.22. The van der Waals surface area contributed by atoms with Gasteiger partial charge in [-0.15, -0.1) is 0 Å². The van der Waals surface area contributed by atoms with Gasteiger partial charge in [-0.2, -0.15) is 4.31 Å². The molecule has 1 aromatic carbocycles. The average Bonchev–Trinajstić information content (AvgIpc) is 2.64. The summed E-state index contributed by atoms with van der Waals surface area (Å²) in [7, 11) is -4.11. The zero-order chi connectivity index (χ0) is 20.7. The van der Waals surface area contributed by atoms with Crippen LogP contribution in [0.1, 0.15) is 39.5 Å². The van der Waals surface area contributed by atoms with Crippen LogP contribution in [0.4, 0.5) is 8.78 Å². The van der Waals surface area contributed by atoms with E-state index < -0.39 is 26.6 Å². The number of nitrogens with zero attached hydrogens (tertiary/aromatic N) is 2. The van der Waals surface area contributed by atoms with E-state index in [4.69, 9.17) is 0 Å². The van der Waals surface area contributed by atoms with Gasteiger partial charge in [-0.1, -0.05) is 26.2 Å². The van der Waals surface area contributed by atoms with Crippen molar-refractivity contribution in [3.8, 4) is 0 Å². The largest absolute Gasteiger partial charge is 0.353 e. The van der Waals surface area contributed by atoms with Gasteiger partial charge in [0.05, 0.1) is 6.54 Å². The Hall–Kier alpha value is -1.58. The van der Waals surface area contributed by atoms with Crippen LogP contribution in [0.5, 0.6) is 0 Å². The van der Waals surface area contributed by atoms with Gasteiger partial charge in [0, 0.05) is 32.2 Å². The SMILES string of the molecule is CCCCC[C@@H](C)NC(=O)CN1CCN(S(=O)(=O)c2cc(F)ccc2F)CC1. The molecule has 1 fully saturated rings. The minimum atomic E-state index is -4.11. The van der Waals surface area contributed by atoms with Gasteiger partial charge in [0.1, 0.15) is 16.5 Å². The Labute approximate surface area is 165 Å². The first-order valence-electron chi connectivity index (χ1n) is 9.71. The van der Waals surface area contributed by atoms with Crippen molar-refractivity contribution in [1.29, 1.82) is 0 Å². The van der Waals surface area contributed by atoms with Crippen LogP contribution in [0.2, 0.25) is 0 Å². The number of halogens is 2. The van der Waals surface area contributed by atoms with Gasteiger partial charge in [0.2, 0.25) is 15.9 Å². The predicted octanol–water partition coefficient (Wildman–Crippen LogP) is 2.36. The molecule has 1 heterocycles.